The van der Waals surface area contributed by atoms with Gasteiger partial charge in [-0.15, -0.1) is 0 Å². The molecule has 9 nitrogen and oxygen atoms in total. The summed E-state index contributed by atoms with van der Waals surface area (Å²) in [6.07, 6.45) is 20.1. The number of allylic oxidation sites excluding steroid dienone is 10. The van der Waals surface area contributed by atoms with E-state index >= 15 is 0 Å². The Labute approximate surface area is 317 Å². The van der Waals surface area contributed by atoms with Gasteiger partial charge in [0.15, 0.2) is 11.5 Å². The molecule has 0 radical (unpaired) electrons. The van der Waals surface area contributed by atoms with Crippen LogP contribution in [-0.4, -0.2) is 59.3 Å². The van der Waals surface area contributed by atoms with Crippen LogP contribution < -0.4 is 4.74 Å². The summed E-state index contributed by atoms with van der Waals surface area (Å²) in [6.45, 7) is 16.7. The van der Waals surface area contributed by atoms with Crippen molar-refractivity contribution in [2.75, 3.05) is 20.3 Å². The Kier molecular flexibility index (Phi) is 19.5. The van der Waals surface area contributed by atoms with Crippen LogP contribution in [0.15, 0.2) is 76.0 Å². The number of rotatable bonds is 22. The van der Waals surface area contributed by atoms with Gasteiger partial charge in [0, 0.05) is 12.0 Å². The van der Waals surface area contributed by atoms with E-state index in [1.54, 1.807) is 0 Å². The number of carbonyl (C=O) groups is 3. The standard InChI is InChI=1S/C44H63NO8/c1-30(2)14-10-16-32(5)18-12-20-34(7)24-26-52-42-39(46)28-36-37(41(42)48)29-45(43(36)49)38(22-23-40(47)51-9)44(50)53-27-25-35(8)21-13-19-33(6)17-11-15-31(3)4/h14-15,18-19,24-25,28,38,46,48H,10-13,16-17,20-23,26-27,29H2,1-9H3/t38-/m0/s1. The minimum Gasteiger partial charge on any atom is -0.504 e. The molecule has 0 saturated carbocycles. The van der Waals surface area contributed by atoms with Crippen LogP contribution in [0.25, 0.3) is 0 Å². The van der Waals surface area contributed by atoms with Crippen molar-refractivity contribution < 1.29 is 38.8 Å². The molecule has 0 aliphatic carbocycles. The molecular weight excluding hydrogens is 670 g/mol. The summed E-state index contributed by atoms with van der Waals surface area (Å²) in [4.78, 5) is 40.3. The lowest BCUT2D eigenvalue weighted by Gasteiger charge is -2.25. The molecule has 1 heterocycles. The molecular formula is C44H63NO8. The second-order valence-electron chi connectivity index (χ2n) is 14.5. The van der Waals surface area contributed by atoms with Gasteiger partial charge in [0.05, 0.1) is 19.2 Å². The Bertz CT molecular complexity index is 1600. The van der Waals surface area contributed by atoms with Gasteiger partial charge in [0.1, 0.15) is 19.3 Å². The zero-order chi connectivity index (χ0) is 39.5. The molecule has 53 heavy (non-hydrogen) atoms. The molecule has 292 valence electrons. The number of hydrogen-bond donors (Lipinski definition) is 2. The highest BCUT2D eigenvalue weighted by Crippen LogP contribution is 2.44. The second-order valence-corrected chi connectivity index (χ2v) is 14.5. The lowest BCUT2D eigenvalue weighted by atomic mass is 10.1. The number of amides is 1. The normalized spacial score (nSPS) is 14.1. The lowest BCUT2D eigenvalue weighted by molar-refractivity contribution is -0.149. The Balaban J connectivity index is 2.07. The molecule has 0 unspecified atom stereocenters. The van der Waals surface area contributed by atoms with Gasteiger partial charge in [-0.3, -0.25) is 9.59 Å². The molecule has 1 aromatic rings. The SMILES string of the molecule is COC(=O)CC[C@@H](C(=O)OCC=C(C)CCC=C(C)CCC=C(C)C)N1Cc2c(cc(O)c(OCC=C(C)CCC=C(C)CCC=C(C)C)c2O)C1=O. The number of fused-ring (bicyclic) bond motifs is 1. The topological polar surface area (TPSA) is 123 Å². The predicted octanol–water partition coefficient (Wildman–Crippen LogP) is 10.1. The summed E-state index contributed by atoms with van der Waals surface area (Å²) in [5.41, 5.74) is 7.80. The lowest BCUT2D eigenvalue weighted by Crippen LogP contribution is -2.42. The van der Waals surface area contributed by atoms with Crippen molar-refractivity contribution in [1.82, 2.24) is 4.90 Å². The smallest absolute Gasteiger partial charge is 0.329 e. The fourth-order valence-corrected chi connectivity index (χ4v) is 5.88. The van der Waals surface area contributed by atoms with E-state index in [1.165, 1.54) is 40.4 Å². The van der Waals surface area contributed by atoms with E-state index in [4.69, 9.17) is 14.2 Å². The number of phenols is 2. The van der Waals surface area contributed by atoms with E-state index in [0.717, 1.165) is 62.5 Å². The minimum absolute atomic E-state index is 0.0147. The highest BCUT2D eigenvalue weighted by molar-refractivity contribution is 6.02. The molecule has 0 saturated heterocycles. The monoisotopic (exact) mass is 733 g/mol. The second kappa shape index (κ2) is 23.2. The van der Waals surface area contributed by atoms with Crippen LogP contribution in [0.2, 0.25) is 0 Å². The van der Waals surface area contributed by atoms with Crippen LogP contribution >= 0.6 is 0 Å². The quantitative estimate of drug-likeness (QED) is 0.0892. The van der Waals surface area contributed by atoms with E-state index in [-0.39, 0.29) is 61.0 Å². The molecule has 0 spiro atoms. The Morgan fingerprint density at radius 2 is 1.23 bits per heavy atom. The number of phenolic OH excluding ortho intramolecular Hbond substituents is 2. The largest absolute Gasteiger partial charge is 0.504 e. The maximum Gasteiger partial charge on any atom is 0.329 e. The Morgan fingerprint density at radius 3 is 1.74 bits per heavy atom. The number of hydrogen-bond acceptors (Lipinski definition) is 8. The van der Waals surface area contributed by atoms with E-state index in [0.29, 0.717) is 0 Å². The van der Waals surface area contributed by atoms with Gasteiger partial charge in [-0.05, 0) is 131 Å². The Hall–Kier alpha value is -4.53. The van der Waals surface area contributed by atoms with E-state index < -0.39 is 23.9 Å². The first-order chi connectivity index (χ1) is 25.1. The number of nitrogens with zero attached hydrogens (tertiary/aromatic N) is 1. The van der Waals surface area contributed by atoms with Crippen molar-refractivity contribution in [3.05, 3.63) is 87.1 Å². The third-order valence-corrected chi connectivity index (χ3v) is 9.22. The number of ether oxygens (including phenoxy) is 3. The molecule has 1 aliphatic heterocycles. The highest BCUT2D eigenvalue weighted by atomic mass is 16.5. The summed E-state index contributed by atoms with van der Waals surface area (Å²) in [5.74, 6) is -2.65. The third-order valence-electron chi connectivity index (χ3n) is 9.22. The Morgan fingerprint density at radius 1 is 0.736 bits per heavy atom. The maximum atomic E-state index is 13.6. The molecule has 0 aromatic heterocycles. The van der Waals surface area contributed by atoms with Gasteiger partial charge in [0.25, 0.3) is 5.91 Å². The first-order valence-corrected chi connectivity index (χ1v) is 18.8. The van der Waals surface area contributed by atoms with Crippen molar-refractivity contribution in [3.8, 4) is 17.2 Å². The van der Waals surface area contributed by atoms with Crippen LogP contribution in [-0.2, 0) is 25.6 Å². The number of esters is 2. The molecule has 0 fully saturated rings. The molecule has 2 N–H and O–H groups in total. The molecule has 1 amide bonds. The summed E-state index contributed by atoms with van der Waals surface area (Å²) < 4.78 is 16.2. The summed E-state index contributed by atoms with van der Waals surface area (Å²) >= 11 is 0. The zero-order valence-electron chi connectivity index (χ0n) is 33.6. The molecule has 2 rings (SSSR count). The number of aromatic hydroxyl groups is 2. The van der Waals surface area contributed by atoms with Crippen LogP contribution in [0.4, 0.5) is 0 Å². The van der Waals surface area contributed by atoms with Crippen molar-refractivity contribution >= 4 is 17.8 Å². The molecule has 9 heteroatoms. The van der Waals surface area contributed by atoms with E-state index in [9.17, 15) is 24.6 Å². The molecule has 1 aromatic carbocycles. The van der Waals surface area contributed by atoms with Crippen LogP contribution in [0.3, 0.4) is 0 Å². The maximum absolute atomic E-state index is 13.6. The summed E-state index contributed by atoms with van der Waals surface area (Å²) in [7, 11) is 1.26. The molecule has 1 aliphatic rings. The number of benzene rings is 1. The van der Waals surface area contributed by atoms with Gasteiger partial charge in [-0.25, -0.2) is 4.79 Å². The first-order valence-electron chi connectivity index (χ1n) is 18.8. The van der Waals surface area contributed by atoms with E-state index in [2.05, 4.69) is 65.8 Å². The highest BCUT2D eigenvalue weighted by Gasteiger charge is 2.40. The summed E-state index contributed by atoms with van der Waals surface area (Å²) in [5, 5.41) is 21.9. The van der Waals surface area contributed by atoms with Gasteiger partial charge < -0.3 is 29.3 Å². The van der Waals surface area contributed by atoms with Crippen molar-refractivity contribution in [1.29, 1.82) is 0 Å². The van der Waals surface area contributed by atoms with Crippen LogP contribution in [0, 0.1) is 0 Å². The average Bonchev–Trinajstić information content (AvgIpc) is 3.41. The predicted molar refractivity (Wildman–Crippen MR) is 212 cm³/mol. The third kappa shape index (κ3) is 15.9. The van der Waals surface area contributed by atoms with Crippen LogP contribution in [0.1, 0.15) is 136 Å². The number of carbonyl (C=O) groups excluding carboxylic acids is 3. The minimum atomic E-state index is -1.12. The molecule has 0 bridgehead atoms. The van der Waals surface area contributed by atoms with Gasteiger partial charge in [0.2, 0.25) is 5.75 Å². The summed E-state index contributed by atoms with van der Waals surface area (Å²) in [6, 6.07) is 0.133. The van der Waals surface area contributed by atoms with Gasteiger partial charge >= 0.3 is 11.9 Å². The van der Waals surface area contributed by atoms with E-state index in [1.807, 2.05) is 26.0 Å². The fraction of sp³-hybridized carbons (Fsp3) is 0.523. The van der Waals surface area contributed by atoms with Gasteiger partial charge in [-0.2, -0.15) is 0 Å². The fourth-order valence-electron chi connectivity index (χ4n) is 5.88. The van der Waals surface area contributed by atoms with Crippen molar-refractivity contribution in [3.63, 3.8) is 0 Å². The number of methoxy groups -OCH3 is 1. The van der Waals surface area contributed by atoms with Crippen molar-refractivity contribution in [2.24, 2.45) is 0 Å². The average molecular weight is 734 g/mol. The first kappa shape index (κ1) is 44.6. The van der Waals surface area contributed by atoms with Crippen LogP contribution in [0.5, 0.6) is 17.2 Å². The van der Waals surface area contributed by atoms with Crippen molar-refractivity contribution in [2.45, 2.75) is 132 Å². The van der Waals surface area contributed by atoms with Gasteiger partial charge in [-0.1, -0.05) is 57.7 Å². The molecule has 1 atom stereocenters. The zero-order valence-corrected chi connectivity index (χ0v) is 33.6.